The predicted molar refractivity (Wildman–Crippen MR) is 129 cm³/mol. The molecule has 0 heterocycles. The first-order valence-electron chi connectivity index (χ1n) is 12.6. The normalized spacial score (nSPS) is 12.9. The van der Waals surface area contributed by atoms with Crippen LogP contribution < -0.4 is 0 Å². The quantitative estimate of drug-likeness (QED) is 0.171. The van der Waals surface area contributed by atoms with Gasteiger partial charge in [0.1, 0.15) is 6.10 Å². The molecule has 0 radical (unpaired) electrons. The van der Waals surface area contributed by atoms with Crippen LogP contribution in [0.15, 0.2) is 30.3 Å². The molecule has 1 aromatic carbocycles. The molecule has 32 heavy (non-hydrogen) atoms. The number of carbonyl (C=O) groups excluding carboxylic acids is 1. The Morgan fingerprint density at radius 2 is 1.44 bits per heavy atom. The Hall–Kier alpha value is -1.88. The Kier molecular flexibility index (Phi) is 16.4. The molecule has 0 aliphatic heterocycles. The van der Waals surface area contributed by atoms with E-state index in [-0.39, 0.29) is 24.6 Å². The minimum absolute atomic E-state index is 0.0922. The molecule has 2 unspecified atom stereocenters. The monoisotopic (exact) mass is 448 g/mol. The van der Waals surface area contributed by atoms with E-state index >= 15 is 0 Å². The van der Waals surface area contributed by atoms with E-state index in [0.717, 1.165) is 70.6 Å². The highest BCUT2D eigenvalue weighted by Gasteiger charge is 2.19. The van der Waals surface area contributed by atoms with Crippen LogP contribution in [0.4, 0.5) is 0 Å². The molecule has 1 N–H and O–H groups in total. The van der Waals surface area contributed by atoms with E-state index in [1.165, 1.54) is 25.3 Å². The van der Waals surface area contributed by atoms with Gasteiger partial charge in [-0.1, -0.05) is 88.6 Å². The van der Waals surface area contributed by atoms with Gasteiger partial charge < -0.3 is 14.6 Å². The summed E-state index contributed by atoms with van der Waals surface area (Å²) >= 11 is 0. The highest BCUT2D eigenvalue weighted by Crippen LogP contribution is 2.20. The van der Waals surface area contributed by atoms with E-state index in [0.29, 0.717) is 6.61 Å². The average molecular weight is 449 g/mol. The van der Waals surface area contributed by atoms with Crippen LogP contribution in [0.1, 0.15) is 109 Å². The largest absolute Gasteiger partial charge is 0.481 e. The van der Waals surface area contributed by atoms with Gasteiger partial charge >= 0.3 is 11.9 Å². The molecule has 2 atom stereocenters. The molecule has 5 heteroatoms. The summed E-state index contributed by atoms with van der Waals surface area (Å²) in [5, 5.41) is 8.67. The third kappa shape index (κ3) is 15.9. The van der Waals surface area contributed by atoms with Crippen LogP contribution in [-0.4, -0.2) is 29.3 Å². The maximum absolute atomic E-state index is 11.7. The number of benzene rings is 1. The first-order valence-corrected chi connectivity index (χ1v) is 12.6. The standard InChI is InChI=1S/C27H44O5/c1-3-4-11-18-25(31-22-24-16-12-10-13-17-24)21-26(32-23(2)28)19-14-8-6-5-7-9-15-20-27(29)30/h10,12-13,16-17,25-26H,3-9,11,14-15,18-22H2,1-2H3,(H,29,30). The Morgan fingerprint density at radius 3 is 2.06 bits per heavy atom. The third-order valence-corrected chi connectivity index (χ3v) is 5.73. The van der Waals surface area contributed by atoms with Gasteiger partial charge in [0, 0.05) is 19.8 Å². The van der Waals surface area contributed by atoms with Crippen molar-refractivity contribution >= 4 is 11.9 Å². The number of esters is 1. The lowest BCUT2D eigenvalue weighted by atomic mass is 9.99. The maximum Gasteiger partial charge on any atom is 0.303 e. The average Bonchev–Trinajstić information content (AvgIpc) is 2.76. The molecule has 1 aromatic rings. The van der Waals surface area contributed by atoms with Crippen molar-refractivity contribution in [3.8, 4) is 0 Å². The highest BCUT2D eigenvalue weighted by molar-refractivity contribution is 5.66. The number of hydrogen-bond donors (Lipinski definition) is 1. The van der Waals surface area contributed by atoms with E-state index in [9.17, 15) is 9.59 Å². The zero-order valence-corrected chi connectivity index (χ0v) is 20.2. The van der Waals surface area contributed by atoms with Gasteiger partial charge in [-0.25, -0.2) is 0 Å². The SMILES string of the molecule is CCCCCC(CC(CCCCCCCCCC(=O)O)OC(C)=O)OCc1ccccc1. The van der Waals surface area contributed by atoms with E-state index in [2.05, 4.69) is 19.1 Å². The molecule has 0 amide bonds. The molecular formula is C27H44O5. The Bertz CT molecular complexity index is 601. The molecular weight excluding hydrogens is 404 g/mol. The lowest BCUT2D eigenvalue weighted by molar-refractivity contribution is -0.149. The van der Waals surface area contributed by atoms with Gasteiger partial charge in [-0.05, 0) is 31.2 Å². The number of carboxylic acid groups (broad SMARTS) is 1. The molecule has 182 valence electrons. The van der Waals surface area contributed by atoms with Crippen molar-refractivity contribution in [3.05, 3.63) is 35.9 Å². The predicted octanol–water partition coefficient (Wildman–Crippen LogP) is 7.07. The summed E-state index contributed by atoms with van der Waals surface area (Å²) in [5.74, 6) is -0.925. The first kappa shape index (κ1) is 28.2. The van der Waals surface area contributed by atoms with E-state index in [1.807, 2.05) is 18.2 Å². The molecule has 0 saturated heterocycles. The van der Waals surface area contributed by atoms with Crippen molar-refractivity contribution in [1.29, 1.82) is 0 Å². The van der Waals surface area contributed by atoms with Gasteiger partial charge in [-0.2, -0.15) is 0 Å². The number of hydrogen-bond acceptors (Lipinski definition) is 4. The summed E-state index contributed by atoms with van der Waals surface area (Å²) in [4.78, 5) is 22.2. The van der Waals surface area contributed by atoms with Crippen LogP contribution in [0.2, 0.25) is 0 Å². The van der Waals surface area contributed by atoms with Crippen molar-refractivity contribution in [2.75, 3.05) is 0 Å². The second kappa shape index (κ2) is 18.7. The van der Waals surface area contributed by atoms with Gasteiger partial charge in [0.05, 0.1) is 12.7 Å². The van der Waals surface area contributed by atoms with Crippen molar-refractivity contribution in [2.45, 2.75) is 123 Å². The summed E-state index contributed by atoms with van der Waals surface area (Å²) in [6.07, 6.45) is 13.7. The molecule has 0 saturated carbocycles. The number of carboxylic acids is 1. The molecule has 0 bridgehead atoms. The van der Waals surface area contributed by atoms with Crippen LogP contribution in [0.5, 0.6) is 0 Å². The van der Waals surface area contributed by atoms with Crippen LogP contribution >= 0.6 is 0 Å². The highest BCUT2D eigenvalue weighted by atomic mass is 16.5. The van der Waals surface area contributed by atoms with Gasteiger partial charge in [0.2, 0.25) is 0 Å². The van der Waals surface area contributed by atoms with Gasteiger partial charge in [0.15, 0.2) is 0 Å². The Balaban J connectivity index is 2.40. The third-order valence-electron chi connectivity index (χ3n) is 5.73. The van der Waals surface area contributed by atoms with Crippen LogP contribution in [0.25, 0.3) is 0 Å². The van der Waals surface area contributed by atoms with Crippen LogP contribution in [0.3, 0.4) is 0 Å². The lowest BCUT2D eigenvalue weighted by Gasteiger charge is -2.24. The molecule has 0 aliphatic carbocycles. The number of aliphatic carboxylic acids is 1. The number of unbranched alkanes of at least 4 members (excludes halogenated alkanes) is 8. The van der Waals surface area contributed by atoms with E-state index in [1.54, 1.807) is 0 Å². The second-order valence-electron chi connectivity index (χ2n) is 8.79. The first-order chi connectivity index (χ1) is 15.5. The zero-order chi connectivity index (χ0) is 23.4. The number of rotatable bonds is 20. The minimum Gasteiger partial charge on any atom is -0.481 e. The summed E-state index contributed by atoms with van der Waals surface area (Å²) in [5.41, 5.74) is 1.17. The second-order valence-corrected chi connectivity index (χ2v) is 8.79. The van der Waals surface area contributed by atoms with Gasteiger partial charge in [0.25, 0.3) is 0 Å². The molecule has 0 fully saturated rings. The Morgan fingerprint density at radius 1 is 0.844 bits per heavy atom. The molecule has 0 aliphatic rings. The number of carbonyl (C=O) groups is 2. The lowest BCUT2D eigenvalue weighted by Crippen LogP contribution is -2.25. The van der Waals surface area contributed by atoms with Gasteiger partial charge in [-0.15, -0.1) is 0 Å². The van der Waals surface area contributed by atoms with Crippen molar-refractivity contribution in [1.82, 2.24) is 0 Å². The number of ether oxygens (including phenoxy) is 2. The summed E-state index contributed by atoms with van der Waals surface area (Å²) in [7, 11) is 0. The van der Waals surface area contributed by atoms with Crippen molar-refractivity contribution in [3.63, 3.8) is 0 Å². The van der Waals surface area contributed by atoms with Crippen molar-refractivity contribution in [2.24, 2.45) is 0 Å². The van der Waals surface area contributed by atoms with E-state index < -0.39 is 5.97 Å². The zero-order valence-electron chi connectivity index (χ0n) is 20.2. The van der Waals surface area contributed by atoms with Crippen LogP contribution in [-0.2, 0) is 25.7 Å². The molecule has 1 rings (SSSR count). The molecule has 5 nitrogen and oxygen atoms in total. The molecule has 0 aromatic heterocycles. The summed E-state index contributed by atoms with van der Waals surface area (Å²) in [6, 6.07) is 10.2. The van der Waals surface area contributed by atoms with E-state index in [4.69, 9.17) is 14.6 Å². The fourth-order valence-corrected chi connectivity index (χ4v) is 3.96. The van der Waals surface area contributed by atoms with Gasteiger partial charge in [-0.3, -0.25) is 9.59 Å². The maximum atomic E-state index is 11.7. The topological polar surface area (TPSA) is 72.8 Å². The minimum atomic E-state index is -0.706. The summed E-state index contributed by atoms with van der Waals surface area (Å²) in [6.45, 7) is 4.28. The smallest absolute Gasteiger partial charge is 0.303 e. The fourth-order valence-electron chi connectivity index (χ4n) is 3.96. The summed E-state index contributed by atoms with van der Waals surface area (Å²) < 4.78 is 11.9. The van der Waals surface area contributed by atoms with Crippen LogP contribution in [0, 0.1) is 0 Å². The fraction of sp³-hybridized carbons (Fsp3) is 0.704. The molecule has 0 spiro atoms. The Labute approximate surface area is 194 Å². The van der Waals surface area contributed by atoms with Crippen molar-refractivity contribution < 1.29 is 24.2 Å².